The van der Waals surface area contributed by atoms with E-state index in [2.05, 4.69) is 10.6 Å². The number of carbonyl (C=O) groups is 3. The van der Waals surface area contributed by atoms with Crippen LogP contribution in [-0.2, 0) is 9.59 Å². The molecule has 0 aliphatic carbocycles. The molecule has 0 aliphatic heterocycles. The number of amides is 2. The van der Waals surface area contributed by atoms with Gasteiger partial charge < -0.3 is 20.8 Å². The Morgan fingerprint density at radius 2 is 1.45 bits per heavy atom. The van der Waals surface area contributed by atoms with Crippen molar-refractivity contribution in [1.82, 2.24) is 0 Å². The lowest BCUT2D eigenvalue weighted by Crippen LogP contribution is -2.19. The number of nitrogens with one attached hydrogen (secondary N) is 2. The number of hydrogen-bond acceptors (Lipinski definition) is 5. The summed E-state index contributed by atoms with van der Waals surface area (Å²) in [7, 11) is 0. The van der Waals surface area contributed by atoms with E-state index in [1.165, 1.54) is 36.0 Å². The molecule has 4 rings (SSSR count). The van der Waals surface area contributed by atoms with E-state index >= 15 is 0 Å². The van der Waals surface area contributed by atoms with Gasteiger partial charge in [-0.25, -0.2) is 4.79 Å². The first-order valence-electron chi connectivity index (χ1n) is 11.6. The number of rotatable bonds is 9. The molecule has 4 aromatic carbocycles. The van der Waals surface area contributed by atoms with E-state index < -0.39 is 11.2 Å². The molecule has 0 saturated heterocycles. The van der Waals surface area contributed by atoms with Gasteiger partial charge in [-0.1, -0.05) is 66.7 Å². The molecular weight excluding hydrogens is 500 g/mol. The van der Waals surface area contributed by atoms with Gasteiger partial charge in [0.2, 0.25) is 11.8 Å². The van der Waals surface area contributed by atoms with E-state index in [4.69, 9.17) is 0 Å². The van der Waals surface area contributed by atoms with E-state index in [9.17, 15) is 24.6 Å². The average molecular weight is 525 g/mol. The number of thioether (sulfide) groups is 1. The zero-order valence-corrected chi connectivity index (χ0v) is 20.9. The van der Waals surface area contributed by atoms with Gasteiger partial charge in [0.1, 0.15) is 16.6 Å². The van der Waals surface area contributed by atoms with Crippen LogP contribution < -0.4 is 10.6 Å². The molecule has 4 N–H and O–H groups in total. The molecule has 2 amide bonds. The minimum Gasteiger partial charge on any atom is -0.507 e. The minimum absolute atomic E-state index is 0.248. The van der Waals surface area contributed by atoms with E-state index in [0.717, 1.165) is 16.0 Å². The number of aromatic carboxylic acids is 1. The Kier molecular flexibility index (Phi) is 8.58. The summed E-state index contributed by atoms with van der Waals surface area (Å²) in [6.45, 7) is 0. The summed E-state index contributed by atoms with van der Waals surface area (Å²) < 4.78 is 0. The summed E-state index contributed by atoms with van der Waals surface area (Å²) in [6.07, 6.45) is 3.18. The molecule has 0 radical (unpaired) electrons. The second kappa shape index (κ2) is 12.4. The molecule has 8 heteroatoms. The van der Waals surface area contributed by atoms with E-state index in [1.807, 2.05) is 66.7 Å². The number of aromatic hydroxyl groups is 1. The van der Waals surface area contributed by atoms with Crippen LogP contribution in [0.15, 0.2) is 114 Å². The van der Waals surface area contributed by atoms with E-state index in [1.54, 1.807) is 24.3 Å². The molecule has 0 saturated carbocycles. The second-order valence-electron chi connectivity index (χ2n) is 8.20. The Bertz CT molecular complexity index is 1470. The summed E-state index contributed by atoms with van der Waals surface area (Å²) in [5.74, 6) is -2.34. The standard InChI is InChI=1S/C30H24N2O5S/c33-26-16-15-23(19-25(26)30(36)37)32-29(35)28(21-10-5-2-6-11-21)38-24-13-7-12-22(18-24)31-27(34)17-14-20-8-3-1-4-9-20/h1-19,28,33H,(H,31,34)(H,32,35)(H,36,37)/b17-14+. The highest BCUT2D eigenvalue weighted by molar-refractivity contribution is 8.00. The lowest BCUT2D eigenvalue weighted by molar-refractivity contribution is -0.116. The van der Waals surface area contributed by atoms with Crippen LogP contribution in [0, 0.1) is 0 Å². The molecule has 0 heterocycles. The predicted octanol–water partition coefficient (Wildman–Crippen LogP) is 6.21. The first kappa shape index (κ1) is 26.2. The highest BCUT2D eigenvalue weighted by atomic mass is 32.2. The first-order valence-corrected chi connectivity index (χ1v) is 12.5. The predicted molar refractivity (Wildman–Crippen MR) is 149 cm³/mol. The lowest BCUT2D eigenvalue weighted by Gasteiger charge is -2.18. The monoisotopic (exact) mass is 524 g/mol. The Morgan fingerprint density at radius 1 is 0.763 bits per heavy atom. The molecule has 190 valence electrons. The van der Waals surface area contributed by atoms with Gasteiger partial charge in [0.05, 0.1) is 0 Å². The van der Waals surface area contributed by atoms with E-state index in [-0.39, 0.29) is 28.8 Å². The largest absolute Gasteiger partial charge is 0.507 e. The van der Waals surface area contributed by atoms with Crippen molar-refractivity contribution in [3.05, 3.63) is 126 Å². The number of carboxylic acid groups (broad SMARTS) is 1. The SMILES string of the molecule is O=C(/C=C/c1ccccc1)Nc1cccc(SC(C(=O)Nc2ccc(O)c(C(=O)O)c2)c2ccccc2)c1. The Labute approximate surface area is 223 Å². The minimum atomic E-state index is -1.30. The molecule has 0 spiro atoms. The van der Waals surface area contributed by atoms with Crippen molar-refractivity contribution in [1.29, 1.82) is 0 Å². The van der Waals surface area contributed by atoms with Gasteiger partial charge >= 0.3 is 5.97 Å². The third-order valence-corrected chi connectivity index (χ3v) is 6.67. The number of anilines is 2. The van der Waals surface area contributed by atoms with Crippen LogP contribution in [0.2, 0.25) is 0 Å². The number of benzene rings is 4. The molecule has 1 unspecified atom stereocenters. The lowest BCUT2D eigenvalue weighted by atomic mass is 10.1. The van der Waals surface area contributed by atoms with Gasteiger partial charge in [-0.15, -0.1) is 11.8 Å². The number of carbonyl (C=O) groups excluding carboxylic acids is 2. The molecular formula is C30H24N2O5S. The van der Waals surface area contributed by atoms with Gasteiger partial charge in [-0.2, -0.15) is 0 Å². The van der Waals surface area contributed by atoms with Crippen LogP contribution in [0.4, 0.5) is 11.4 Å². The molecule has 4 aromatic rings. The smallest absolute Gasteiger partial charge is 0.339 e. The normalized spacial score (nSPS) is 11.6. The second-order valence-corrected chi connectivity index (χ2v) is 9.37. The van der Waals surface area contributed by atoms with Crippen molar-refractivity contribution in [3.8, 4) is 5.75 Å². The maximum atomic E-state index is 13.3. The highest BCUT2D eigenvalue weighted by Crippen LogP contribution is 2.37. The first-order chi connectivity index (χ1) is 18.4. The topological polar surface area (TPSA) is 116 Å². The Balaban J connectivity index is 1.51. The summed E-state index contributed by atoms with van der Waals surface area (Å²) >= 11 is 1.29. The average Bonchev–Trinajstić information content (AvgIpc) is 2.92. The fourth-order valence-electron chi connectivity index (χ4n) is 3.60. The van der Waals surface area contributed by atoms with Crippen molar-refractivity contribution in [3.63, 3.8) is 0 Å². The van der Waals surface area contributed by atoms with Gasteiger partial charge in [-0.3, -0.25) is 9.59 Å². The van der Waals surface area contributed by atoms with Crippen molar-refractivity contribution < 1.29 is 24.6 Å². The van der Waals surface area contributed by atoms with Gasteiger partial charge in [0, 0.05) is 22.3 Å². The van der Waals surface area contributed by atoms with Crippen molar-refractivity contribution in [2.45, 2.75) is 10.1 Å². The van der Waals surface area contributed by atoms with Crippen LogP contribution in [0.5, 0.6) is 5.75 Å². The third kappa shape index (κ3) is 7.11. The number of hydrogen-bond donors (Lipinski definition) is 4. The number of phenols is 1. The summed E-state index contributed by atoms with van der Waals surface area (Å²) in [5.41, 5.74) is 2.17. The van der Waals surface area contributed by atoms with Crippen molar-refractivity contribution in [2.75, 3.05) is 10.6 Å². The maximum Gasteiger partial charge on any atom is 0.339 e. The van der Waals surface area contributed by atoms with Crippen LogP contribution >= 0.6 is 11.8 Å². The summed E-state index contributed by atoms with van der Waals surface area (Å²) in [5, 5.41) is 24.0. The zero-order valence-electron chi connectivity index (χ0n) is 20.1. The van der Waals surface area contributed by atoms with Crippen LogP contribution in [0.25, 0.3) is 6.08 Å². The highest BCUT2D eigenvalue weighted by Gasteiger charge is 2.23. The van der Waals surface area contributed by atoms with Gasteiger partial charge in [0.15, 0.2) is 0 Å². The molecule has 0 aromatic heterocycles. The Hall–Kier alpha value is -4.82. The molecule has 0 bridgehead atoms. The van der Waals surface area contributed by atoms with Crippen molar-refractivity contribution in [2.24, 2.45) is 0 Å². The zero-order chi connectivity index (χ0) is 26.9. The molecule has 7 nitrogen and oxygen atoms in total. The quantitative estimate of drug-likeness (QED) is 0.117. The van der Waals surface area contributed by atoms with Crippen LogP contribution in [-0.4, -0.2) is 28.0 Å². The third-order valence-electron chi connectivity index (χ3n) is 5.42. The van der Waals surface area contributed by atoms with Crippen LogP contribution in [0.3, 0.4) is 0 Å². The summed E-state index contributed by atoms with van der Waals surface area (Å²) in [6, 6.07) is 29.7. The summed E-state index contributed by atoms with van der Waals surface area (Å²) in [4.78, 5) is 37.9. The van der Waals surface area contributed by atoms with Gasteiger partial charge in [0.25, 0.3) is 0 Å². The van der Waals surface area contributed by atoms with Gasteiger partial charge in [-0.05, 0) is 53.6 Å². The maximum absolute atomic E-state index is 13.3. The molecule has 0 fully saturated rings. The fraction of sp³-hybridized carbons (Fsp3) is 0.0333. The number of carboxylic acids is 1. The molecule has 38 heavy (non-hydrogen) atoms. The molecule has 0 aliphatic rings. The molecule has 1 atom stereocenters. The van der Waals surface area contributed by atoms with Crippen LogP contribution in [0.1, 0.15) is 26.7 Å². The van der Waals surface area contributed by atoms with Crippen molar-refractivity contribution >= 4 is 47.0 Å². The fourth-order valence-corrected chi connectivity index (χ4v) is 4.68. The van der Waals surface area contributed by atoms with E-state index in [0.29, 0.717) is 5.69 Å². The Morgan fingerprint density at radius 3 is 2.16 bits per heavy atom.